The summed E-state index contributed by atoms with van der Waals surface area (Å²) in [5, 5.41) is 0. The fourth-order valence-corrected chi connectivity index (χ4v) is 4.61. The van der Waals surface area contributed by atoms with Gasteiger partial charge in [0, 0.05) is 32.8 Å². The molecule has 33 heavy (non-hydrogen) atoms. The van der Waals surface area contributed by atoms with E-state index in [1.165, 1.54) is 0 Å². The van der Waals surface area contributed by atoms with E-state index in [4.69, 9.17) is 9.47 Å². The van der Waals surface area contributed by atoms with Crippen LogP contribution in [0.15, 0.2) is 61.2 Å². The van der Waals surface area contributed by atoms with E-state index in [-0.39, 0.29) is 23.8 Å². The van der Waals surface area contributed by atoms with Crippen molar-refractivity contribution in [2.45, 2.75) is 25.4 Å². The van der Waals surface area contributed by atoms with Crippen molar-refractivity contribution in [1.29, 1.82) is 0 Å². The molecule has 6 nitrogen and oxygen atoms in total. The zero-order valence-electron chi connectivity index (χ0n) is 19.2. The van der Waals surface area contributed by atoms with Gasteiger partial charge in [0.2, 0.25) is 5.91 Å². The quantitative estimate of drug-likeness (QED) is 0.608. The third kappa shape index (κ3) is 5.45. The highest BCUT2D eigenvalue weighted by atomic mass is 16.5. The summed E-state index contributed by atoms with van der Waals surface area (Å²) in [6, 6.07) is 16.3. The molecule has 174 valence electrons. The van der Waals surface area contributed by atoms with Gasteiger partial charge in [0.25, 0.3) is 5.91 Å². The Bertz CT molecular complexity index is 965. The van der Waals surface area contributed by atoms with Gasteiger partial charge in [-0.1, -0.05) is 42.5 Å². The summed E-state index contributed by atoms with van der Waals surface area (Å²) in [5.74, 6) is 0.635. The molecule has 2 saturated heterocycles. The highest BCUT2D eigenvalue weighted by Gasteiger charge is 2.35. The summed E-state index contributed by atoms with van der Waals surface area (Å²) in [4.78, 5) is 29.9. The van der Waals surface area contributed by atoms with Crippen LogP contribution in [-0.4, -0.2) is 67.6 Å². The summed E-state index contributed by atoms with van der Waals surface area (Å²) < 4.78 is 10.9. The van der Waals surface area contributed by atoms with Gasteiger partial charge < -0.3 is 19.3 Å². The lowest BCUT2D eigenvalue weighted by molar-refractivity contribution is -0.141. The summed E-state index contributed by atoms with van der Waals surface area (Å²) >= 11 is 0. The van der Waals surface area contributed by atoms with Gasteiger partial charge in [0.05, 0.1) is 13.0 Å². The second-order valence-corrected chi connectivity index (χ2v) is 8.69. The van der Waals surface area contributed by atoms with E-state index in [0.717, 1.165) is 35.3 Å². The number of benzene rings is 2. The van der Waals surface area contributed by atoms with E-state index in [0.29, 0.717) is 39.2 Å². The van der Waals surface area contributed by atoms with Crippen molar-refractivity contribution in [3.8, 4) is 16.9 Å². The molecular weight excluding hydrogens is 416 g/mol. The largest absolute Gasteiger partial charge is 0.497 e. The maximum Gasteiger partial charge on any atom is 0.251 e. The third-order valence-electron chi connectivity index (χ3n) is 6.47. The minimum atomic E-state index is -0.365. The first-order valence-corrected chi connectivity index (χ1v) is 11.6. The molecule has 2 heterocycles. The van der Waals surface area contributed by atoms with Crippen LogP contribution in [0.4, 0.5) is 0 Å². The minimum Gasteiger partial charge on any atom is -0.497 e. The minimum absolute atomic E-state index is 0.0145. The summed E-state index contributed by atoms with van der Waals surface area (Å²) in [6.45, 7) is 6.40. The van der Waals surface area contributed by atoms with Gasteiger partial charge >= 0.3 is 0 Å². The maximum absolute atomic E-state index is 13.3. The molecule has 4 rings (SSSR count). The molecule has 0 aliphatic carbocycles. The monoisotopic (exact) mass is 448 g/mol. The number of hydrogen-bond donors (Lipinski definition) is 0. The molecule has 0 spiro atoms. The fraction of sp³-hybridized carbons (Fsp3) is 0.407. The summed E-state index contributed by atoms with van der Waals surface area (Å²) in [7, 11) is 1.66. The average molecular weight is 449 g/mol. The fourth-order valence-electron chi connectivity index (χ4n) is 4.61. The predicted octanol–water partition coefficient (Wildman–Crippen LogP) is 3.56. The number of amides is 2. The number of methoxy groups -OCH3 is 1. The van der Waals surface area contributed by atoms with Crippen molar-refractivity contribution in [3.05, 3.63) is 66.7 Å². The normalized spacial score (nSPS) is 21.1. The van der Waals surface area contributed by atoms with E-state index in [9.17, 15) is 9.59 Å². The van der Waals surface area contributed by atoms with Crippen LogP contribution in [0.3, 0.4) is 0 Å². The standard InChI is InChI=1S/C27H32N2O4/c1-3-14-28-15-16-29(27(31)25-5-4-17-33-25)19-23(26(28)30)18-20-6-8-21(9-7-20)22-10-12-24(32-2)13-11-22/h3,6-13,23,25H,1,4-5,14-19H2,2H3/t23-,25+/m1/s1. The van der Waals surface area contributed by atoms with Gasteiger partial charge in [-0.05, 0) is 48.1 Å². The zero-order chi connectivity index (χ0) is 23.2. The second-order valence-electron chi connectivity index (χ2n) is 8.69. The Morgan fingerprint density at radius 2 is 1.82 bits per heavy atom. The van der Waals surface area contributed by atoms with Gasteiger partial charge in [-0.15, -0.1) is 6.58 Å². The highest BCUT2D eigenvalue weighted by Crippen LogP contribution is 2.25. The Morgan fingerprint density at radius 1 is 1.12 bits per heavy atom. The number of hydrogen-bond acceptors (Lipinski definition) is 4. The van der Waals surface area contributed by atoms with E-state index >= 15 is 0 Å². The first-order chi connectivity index (χ1) is 16.1. The molecule has 0 aromatic heterocycles. The number of nitrogens with zero attached hydrogens (tertiary/aromatic N) is 2. The molecule has 2 aromatic rings. The molecule has 2 atom stereocenters. The van der Waals surface area contributed by atoms with Crippen LogP contribution in [0.25, 0.3) is 11.1 Å². The highest BCUT2D eigenvalue weighted by molar-refractivity contribution is 5.84. The Morgan fingerprint density at radius 3 is 2.42 bits per heavy atom. The van der Waals surface area contributed by atoms with Crippen LogP contribution in [0.1, 0.15) is 18.4 Å². The molecule has 0 saturated carbocycles. The van der Waals surface area contributed by atoms with E-state index in [1.54, 1.807) is 13.2 Å². The van der Waals surface area contributed by atoms with Crippen molar-refractivity contribution >= 4 is 11.8 Å². The SMILES string of the molecule is C=CCN1CCN(C(=O)[C@@H]2CCCO2)C[C@@H](Cc2ccc(-c3ccc(OC)cc3)cc2)C1=O. The van der Waals surface area contributed by atoms with Crippen LogP contribution >= 0.6 is 0 Å². The van der Waals surface area contributed by atoms with Crippen molar-refractivity contribution in [3.63, 3.8) is 0 Å². The lowest BCUT2D eigenvalue weighted by Gasteiger charge is -2.25. The lowest BCUT2D eigenvalue weighted by atomic mass is 9.95. The van der Waals surface area contributed by atoms with Crippen LogP contribution in [-0.2, 0) is 20.7 Å². The van der Waals surface area contributed by atoms with Crippen LogP contribution in [0.2, 0.25) is 0 Å². The number of ether oxygens (including phenoxy) is 2. The van der Waals surface area contributed by atoms with Crippen molar-refractivity contribution in [1.82, 2.24) is 9.80 Å². The molecule has 0 unspecified atom stereocenters. The zero-order valence-corrected chi connectivity index (χ0v) is 19.2. The maximum atomic E-state index is 13.3. The molecule has 0 N–H and O–H groups in total. The first-order valence-electron chi connectivity index (χ1n) is 11.6. The van der Waals surface area contributed by atoms with Crippen LogP contribution in [0, 0.1) is 5.92 Å². The van der Waals surface area contributed by atoms with Crippen LogP contribution < -0.4 is 4.74 Å². The van der Waals surface area contributed by atoms with Gasteiger partial charge in [0.15, 0.2) is 0 Å². The van der Waals surface area contributed by atoms with Crippen molar-refractivity contribution in [2.24, 2.45) is 5.92 Å². The van der Waals surface area contributed by atoms with E-state index in [2.05, 4.69) is 30.8 Å². The van der Waals surface area contributed by atoms with E-state index < -0.39 is 0 Å². The smallest absolute Gasteiger partial charge is 0.251 e. The topological polar surface area (TPSA) is 59.1 Å². The summed E-state index contributed by atoms with van der Waals surface area (Å²) in [6.07, 6.45) is 3.64. The summed E-state index contributed by atoms with van der Waals surface area (Å²) in [5.41, 5.74) is 3.30. The van der Waals surface area contributed by atoms with E-state index in [1.807, 2.05) is 34.1 Å². The van der Waals surface area contributed by atoms with Gasteiger partial charge in [-0.25, -0.2) is 0 Å². The average Bonchev–Trinajstić information content (AvgIpc) is 3.35. The number of carbonyl (C=O) groups is 2. The molecule has 6 heteroatoms. The number of rotatable bonds is 7. The Hall–Kier alpha value is -3.12. The van der Waals surface area contributed by atoms with Crippen molar-refractivity contribution < 1.29 is 19.1 Å². The molecule has 2 aromatic carbocycles. The molecule has 2 aliphatic heterocycles. The van der Waals surface area contributed by atoms with Crippen molar-refractivity contribution in [2.75, 3.05) is 39.9 Å². The van der Waals surface area contributed by atoms with Gasteiger partial charge in [-0.3, -0.25) is 9.59 Å². The molecule has 2 amide bonds. The molecular formula is C27H32N2O4. The van der Waals surface area contributed by atoms with Gasteiger partial charge in [0.1, 0.15) is 11.9 Å². The first kappa shape index (κ1) is 23.1. The molecule has 2 fully saturated rings. The molecule has 0 bridgehead atoms. The third-order valence-corrected chi connectivity index (χ3v) is 6.47. The Labute approximate surface area is 195 Å². The molecule has 0 radical (unpaired) electrons. The number of carbonyl (C=O) groups excluding carboxylic acids is 2. The van der Waals surface area contributed by atoms with Gasteiger partial charge in [-0.2, -0.15) is 0 Å². The Balaban J connectivity index is 1.49. The lowest BCUT2D eigenvalue weighted by Crippen LogP contribution is -2.42. The predicted molar refractivity (Wildman–Crippen MR) is 128 cm³/mol. The second kappa shape index (κ2) is 10.7. The molecule has 2 aliphatic rings. The Kier molecular flexibility index (Phi) is 7.45. The van der Waals surface area contributed by atoms with Crippen LogP contribution in [0.5, 0.6) is 5.75 Å².